The minimum atomic E-state index is -0.0756. The van der Waals surface area contributed by atoms with Crippen LogP contribution in [0.4, 0.5) is 0 Å². The Morgan fingerprint density at radius 2 is 1.91 bits per heavy atom. The second kappa shape index (κ2) is 1.79. The van der Waals surface area contributed by atoms with Crippen LogP contribution in [0.1, 0.15) is 12.8 Å². The molecule has 2 aliphatic heterocycles. The Morgan fingerprint density at radius 3 is 2.27 bits per heavy atom. The van der Waals surface area contributed by atoms with Crippen LogP contribution >= 0.6 is 0 Å². The molecule has 3 rings (SSSR count). The fraction of sp³-hybridized carbons (Fsp3) is 1.00. The van der Waals surface area contributed by atoms with Gasteiger partial charge in [0.05, 0.1) is 19.8 Å². The van der Waals surface area contributed by atoms with Crippen LogP contribution in [0.15, 0.2) is 0 Å². The molecule has 62 valence electrons. The van der Waals surface area contributed by atoms with Gasteiger partial charge >= 0.3 is 0 Å². The van der Waals surface area contributed by atoms with Gasteiger partial charge in [0.15, 0.2) is 5.72 Å². The molecule has 0 atom stereocenters. The molecule has 2 heterocycles. The van der Waals surface area contributed by atoms with Crippen molar-refractivity contribution in [2.45, 2.75) is 18.6 Å². The molecule has 3 aliphatic rings. The van der Waals surface area contributed by atoms with E-state index in [9.17, 15) is 0 Å². The summed E-state index contributed by atoms with van der Waals surface area (Å²) >= 11 is 0. The number of nitrogens with one attached hydrogen (secondary N) is 1. The summed E-state index contributed by atoms with van der Waals surface area (Å²) in [5.41, 5.74) is 0.453. The van der Waals surface area contributed by atoms with Crippen LogP contribution in [-0.4, -0.2) is 32.1 Å². The van der Waals surface area contributed by atoms with Crippen molar-refractivity contribution in [3.8, 4) is 0 Å². The molecule has 0 bridgehead atoms. The minimum absolute atomic E-state index is 0.0756. The van der Waals surface area contributed by atoms with Crippen molar-refractivity contribution in [3.05, 3.63) is 0 Å². The van der Waals surface area contributed by atoms with E-state index in [4.69, 9.17) is 9.47 Å². The number of rotatable bonds is 0. The summed E-state index contributed by atoms with van der Waals surface area (Å²) in [6.45, 7) is 3.56. The number of hydrogen-bond acceptors (Lipinski definition) is 3. The lowest BCUT2D eigenvalue weighted by molar-refractivity contribution is -0.250. The van der Waals surface area contributed by atoms with Gasteiger partial charge < -0.3 is 9.47 Å². The van der Waals surface area contributed by atoms with Crippen molar-refractivity contribution >= 4 is 0 Å². The first kappa shape index (κ1) is 6.40. The van der Waals surface area contributed by atoms with E-state index in [0.717, 1.165) is 26.4 Å². The average Bonchev–Trinajstić information content (AvgIpc) is 2.69. The van der Waals surface area contributed by atoms with Gasteiger partial charge in [-0.05, 0) is 12.8 Å². The van der Waals surface area contributed by atoms with E-state index in [0.29, 0.717) is 5.41 Å². The third-order valence-electron chi connectivity index (χ3n) is 3.07. The Bertz CT molecular complexity index is 173. The lowest BCUT2D eigenvalue weighted by atomic mass is 10.0. The first-order valence-corrected chi connectivity index (χ1v) is 4.30. The zero-order valence-electron chi connectivity index (χ0n) is 6.56. The summed E-state index contributed by atoms with van der Waals surface area (Å²) in [4.78, 5) is 0. The molecule has 0 aromatic heterocycles. The van der Waals surface area contributed by atoms with Gasteiger partial charge in [0.1, 0.15) is 0 Å². The van der Waals surface area contributed by atoms with E-state index in [1.165, 1.54) is 12.8 Å². The van der Waals surface area contributed by atoms with Crippen molar-refractivity contribution in [1.82, 2.24) is 5.32 Å². The van der Waals surface area contributed by atoms with Crippen LogP contribution in [0, 0.1) is 5.41 Å². The van der Waals surface area contributed by atoms with E-state index in [2.05, 4.69) is 5.32 Å². The van der Waals surface area contributed by atoms with E-state index in [-0.39, 0.29) is 5.72 Å². The summed E-state index contributed by atoms with van der Waals surface area (Å²) in [6, 6.07) is 0. The summed E-state index contributed by atoms with van der Waals surface area (Å²) in [5, 5.41) is 3.44. The first-order chi connectivity index (χ1) is 5.33. The molecule has 0 aromatic rings. The smallest absolute Gasteiger partial charge is 0.166 e. The van der Waals surface area contributed by atoms with E-state index < -0.39 is 0 Å². The van der Waals surface area contributed by atoms with Gasteiger partial charge in [-0.3, -0.25) is 5.32 Å². The molecule has 1 aliphatic carbocycles. The highest BCUT2D eigenvalue weighted by Gasteiger charge is 2.52. The van der Waals surface area contributed by atoms with Crippen LogP contribution in [0.2, 0.25) is 0 Å². The second-order valence-electron chi connectivity index (χ2n) is 4.13. The highest BCUT2D eigenvalue weighted by Crippen LogP contribution is 2.48. The average molecular weight is 155 g/mol. The van der Waals surface area contributed by atoms with Gasteiger partial charge in [-0.15, -0.1) is 0 Å². The maximum atomic E-state index is 5.74. The maximum Gasteiger partial charge on any atom is 0.166 e. The predicted octanol–water partition coefficient (Wildman–Crippen LogP) is 0.113. The number of ether oxygens (including phenoxy) is 2. The molecule has 0 unspecified atom stereocenters. The van der Waals surface area contributed by atoms with Gasteiger partial charge in [0.25, 0.3) is 0 Å². The zero-order chi connectivity index (χ0) is 7.36. The standard InChI is InChI=1S/C8H13NO2/c1-2-7(1)3-9-8(11-4-7)5-10-6-8/h9H,1-6H2. The minimum Gasteiger partial charge on any atom is -0.372 e. The van der Waals surface area contributed by atoms with Crippen LogP contribution in [0.3, 0.4) is 0 Å². The fourth-order valence-corrected chi connectivity index (χ4v) is 1.71. The number of hydrogen-bond donors (Lipinski definition) is 1. The van der Waals surface area contributed by atoms with Crippen molar-refractivity contribution < 1.29 is 9.47 Å². The molecule has 2 spiro atoms. The first-order valence-electron chi connectivity index (χ1n) is 4.30. The largest absolute Gasteiger partial charge is 0.372 e. The topological polar surface area (TPSA) is 30.5 Å². The summed E-state index contributed by atoms with van der Waals surface area (Å²) in [7, 11) is 0. The molecule has 2 saturated heterocycles. The molecule has 1 N–H and O–H groups in total. The molecule has 3 nitrogen and oxygen atoms in total. The quantitative estimate of drug-likeness (QED) is 0.538. The van der Waals surface area contributed by atoms with Gasteiger partial charge in [0, 0.05) is 12.0 Å². The fourth-order valence-electron chi connectivity index (χ4n) is 1.71. The van der Waals surface area contributed by atoms with Gasteiger partial charge in [-0.2, -0.15) is 0 Å². The molecule has 0 radical (unpaired) electrons. The Hall–Kier alpha value is -0.120. The molecule has 1 saturated carbocycles. The molecule has 3 fully saturated rings. The Morgan fingerprint density at radius 1 is 1.09 bits per heavy atom. The zero-order valence-corrected chi connectivity index (χ0v) is 6.56. The third kappa shape index (κ3) is 0.849. The van der Waals surface area contributed by atoms with Gasteiger partial charge in [-0.1, -0.05) is 0 Å². The maximum absolute atomic E-state index is 5.74. The van der Waals surface area contributed by atoms with E-state index in [1.54, 1.807) is 0 Å². The van der Waals surface area contributed by atoms with Crippen LogP contribution < -0.4 is 5.32 Å². The van der Waals surface area contributed by atoms with Crippen molar-refractivity contribution in [2.75, 3.05) is 26.4 Å². The molecule has 11 heavy (non-hydrogen) atoms. The highest BCUT2D eigenvalue weighted by molar-refractivity contribution is 5.02. The van der Waals surface area contributed by atoms with Crippen molar-refractivity contribution in [1.29, 1.82) is 0 Å². The molecule has 3 heteroatoms. The van der Waals surface area contributed by atoms with Crippen LogP contribution in [0.25, 0.3) is 0 Å². The lowest BCUT2D eigenvalue weighted by Crippen LogP contribution is -2.66. The predicted molar refractivity (Wildman–Crippen MR) is 39.2 cm³/mol. The monoisotopic (exact) mass is 155 g/mol. The lowest BCUT2D eigenvalue weighted by Gasteiger charge is -2.46. The Labute approximate surface area is 66.1 Å². The van der Waals surface area contributed by atoms with Gasteiger partial charge in [-0.25, -0.2) is 0 Å². The highest BCUT2D eigenvalue weighted by atomic mass is 16.6. The third-order valence-corrected chi connectivity index (χ3v) is 3.07. The van der Waals surface area contributed by atoms with E-state index >= 15 is 0 Å². The van der Waals surface area contributed by atoms with Crippen LogP contribution in [-0.2, 0) is 9.47 Å². The molecular formula is C8H13NO2. The second-order valence-corrected chi connectivity index (χ2v) is 4.13. The van der Waals surface area contributed by atoms with Gasteiger partial charge in [0.2, 0.25) is 0 Å². The van der Waals surface area contributed by atoms with Crippen molar-refractivity contribution in [3.63, 3.8) is 0 Å². The van der Waals surface area contributed by atoms with Crippen molar-refractivity contribution in [2.24, 2.45) is 5.41 Å². The normalized spacial score (nSPS) is 37.1. The Kier molecular flexibility index (Phi) is 1.04. The van der Waals surface area contributed by atoms with E-state index in [1.807, 2.05) is 0 Å². The van der Waals surface area contributed by atoms with Crippen LogP contribution in [0.5, 0.6) is 0 Å². The SMILES string of the molecule is C1CC12CNC1(COC1)OC2. The summed E-state index contributed by atoms with van der Waals surface area (Å²) in [6.07, 6.45) is 2.69. The summed E-state index contributed by atoms with van der Waals surface area (Å²) < 4.78 is 10.9. The molecule has 0 amide bonds. The molecule has 0 aromatic carbocycles. The summed E-state index contributed by atoms with van der Waals surface area (Å²) in [5.74, 6) is 0. The Balaban J connectivity index is 1.68. The molecular weight excluding hydrogens is 142 g/mol.